The number of nitrogens with one attached hydrogen (secondary N) is 2. The number of carbonyl (C=O) groups excluding carboxylic acids is 2. The highest BCUT2D eigenvalue weighted by atomic mass is 19.4. The van der Waals surface area contributed by atoms with Crippen molar-refractivity contribution in [3.8, 4) is 0 Å². The summed E-state index contributed by atoms with van der Waals surface area (Å²) >= 11 is 0. The van der Waals surface area contributed by atoms with E-state index >= 15 is 0 Å². The van der Waals surface area contributed by atoms with E-state index in [9.17, 15) is 35.9 Å². The number of carbonyl (C=O) groups is 2. The number of aryl methyl sites for hydroxylation is 1. The highest BCUT2D eigenvalue weighted by Crippen LogP contribution is 2.39. The van der Waals surface area contributed by atoms with E-state index in [2.05, 4.69) is 15.3 Å². The average molecular weight is 456 g/mol. The number of halogens is 6. The second kappa shape index (κ2) is 8.44. The lowest BCUT2D eigenvalue weighted by Crippen LogP contribution is -2.37. The Kier molecular flexibility index (Phi) is 6.06. The van der Waals surface area contributed by atoms with Crippen molar-refractivity contribution in [2.24, 2.45) is 0 Å². The molecule has 3 amide bonds. The summed E-state index contributed by atoms with van der Waals surface area (Å²) in [5.41, 5.74) is -3.54. The summed E-state index contributed by atoms with van der Waals surface area (Å²) in [5.74, 6) is -2.03. The average Bonchev–Trinajstić information content (AvgIpc) is 2.71. The van der Waals surface area contributed by atoms with E-state index in [1.54, 1.807) is 12.1 Å². The van der Waals surface area contributed by atoms with Crippen LogP contribution in [0.1, 0.15) is 34.0 Å². The number of anilines is 1. The van der Waals surface area contributed by atoms with Crippen LogP contribution >= 0.6 is 0 Å². The van der Waals surface area contributed by atoms with Crippen LogP contribution in [0.25, 0.3) is 11.0 Å². The molecule has 0 unspecified atom stereocenters. The predicted molar refractivity (Wildman–Crippen MR) is 102 cm³/mol. The second-order valence-corrected chi connectivity index (χ2v) is 6.56. The van der Waals surface area contributed by atoms with Crippen molar-refractivity contribution in [3.63, 3.8) is 0 Å². The molecule has 0 fully saturated rings. The van der Waals surface area contributed by atoms with Gasteiger partial charge in [-0.25, -0.2) is 9.78 Å². The maximum absolute atomic E-state index is 13.2. The number of benzene rings is 2. The number of aromatic nitrogens is 2. The first-order valence-electron chi connectivity index (χ1n) is 9.05. The minimum atomic E-state index is -5.26. The fourth-order valence-electron chi connectivity index (χ4n) is 2.92. The molecule has 1 heterocycles. The molecule has 0 radical (unpaired) electrons. The molecule has 2 aromatic carbocycles. The molecule has 0 saturated carbocycles. The molecule has 3 aromatic rings. The summed E-state index contributed by atoms with van der Waals surface area (Å²) in [7, 11) is 0. The SMILES string of the molecule is CCc1ccc2ncc(NC(=O)NC(=O)c3c(C(F)(F)F)cccc3C(F)(F)F)nc2c1. The molecule has 0 atom stereocenters. The standard InChI is InChI=1S/C20H14F6N4O2/c1-2-10-6-7-13-14(8-10)28-15(9-27-13)29-18(32)30-17(31)16-11(19(21,22)23)4-3-5-12(16)20(24,25)26/h3-9H,2H2,1H3,(H2,28,29,30,31,32). The molecule has 0 spiro atoms. The Balaban J connectivity index is 1.88. The van der Waals surface area contributed by atoms with Gasteiger partial charge in [-0.3, -0.25) is 20.4 Å². The Morgan fingerprint density at radius 3 is 2.12 bits per heavy atom. The fourth-order valence-corrected chi connectivity index (χ4v) is 2.92. The van der Waals surface area contributed by atoms with Gasteiger partial charge in [-0.1, -0.05) is 19.1 Å². The zero-order valence-corrected chi connectivity index (χ0v) is 16.2. The largest absolute Gasteiger partial charge is 0.417 e. The molecule has 3 rings (SSSR count). The summed E-state index contributed by atoms with van der Waals surface area (Å²) in [6.07, 6.45) is -8.69. The number of hydrogen-bond donors (Lipinski definition) is 2. The van der Waals surface area contributed by atoms with Gasteiger partial charge in [0, 0.05) is 0 Å². The van der Waals surface area contributed by atoms with Crippen molar-refractivity contribution < 1.29 is 35.9 Å². The lowest BCUT2D eigenvalue weighted by atomic mass is 9.99. The number of rotatable bonds is 3. The Bertz CT molecular complexity index is 1160. The van der Waals surface area contributed by atoms with E-state index < -0.39 is 41.0 Å². The lowest BCUT2D eigenvalue weighted by Gasteiger charge is -2.18. The number of nitrogens with zero attached hydrogens (tertiary/aromatic N) is 2. The van der Waals surface area contributed by atoms with E-state index in [1.165, 1.54) is 5.32 Å². The van der Waals surface area contributed by atoms with Gasteiger partial charge in [-0.2, -0.15) is 26.3 Å². The van der Waals surface area contributed by atoms with Crippen LogP contribution in [0.4, 0.5) is 37.0 Å². The zero-order valence-electron chi connectivity index (χ0n) is 16.2. The number of alkyl halides is 6. The van der Waals surface area contributed by atoms with Crippen LogP contribution in [-0.4, -0.2) is 21.9 Å². The number of hydrogen-bond acceptors (Lipinski definition) is 4. The van der Waals surface area contributed by atoms with Gasteiger partial charge in [0.1, 0.15) is 0 Å². The Labute approximate surface area is 176 Å². The molecular weight excluding hydrogens is 442 g/mol. The topological polar surface area (TPSA) is 84.0 Å². The van der Waals surface area contributed by atoms with Crippen molar-refractivity contribution in [1.82, 2.24) is 15.3 Å². The molecule has 0 aliphatic rings. The van der Waals surface area contributed by atoms with Crippen molar-refractivity contribution in [2.45, 2.75) is 25.7 Å². The molecule has 2 N–H and O–H groups in total. The molecule has 0 saturated heterocycles. The summed E-state index contributed by atoms with van der Waals surface area (Å²) in [6, 6.07) is 5.02. The second-order valence-electron chi connectivity index (χ2n) is 6.56. The van der Waals surface area contributed by atoms with Gasteiger partial charge in [0.15, 0.2) is 5.82 Å². The maximum atomic E-state index is 13.2. The molecule has 0 bridgehead atoms. The van der Waals surface area contributed by atoms with E-state index in [-0.39, 0.29) is 5.82 Å². The van der Waals surface area contributed by atoms with E-state index in [0.717, 1.165) is 11.8 Å². The van der Waals surface area contributed by atoms with Gasteiger partial charge >= 0.3 is 18.4 Å². The van der Waals surface area contributed by atoms with Crippen LogP contribution in [0.3, 0.4) is 0 Å². The minimum Gasteiger partial charge on any atom is -0.291 e. The molecule has 0 aliphatic carbocycles. The van der Waals surface area contributed by atoms with E-state index in [1.807, 2.05) is 13.0 Å². The van der Waals surface area contributed by atoms with Gasteiger partial charge in [0.05, 0.1) is 33.9 Å². The molecule has 168 valence electrons. The summed E-state index contributed by atoms with van der Waals surface area (Å²) in [4.78, 5) is 32.5. The van der Waals surface area contributed by atoms with Crippen LogP contribution in [0.15, 0.2) is 42.6 Å². The van der Waals surface area contributed by atoms with Gasteiger partial charge in [0.25, 0.3) is 5.91 Å². The Morgan fingerprint density at radius 2 is 1.56 bits per heavy atom. The number of urea groups is 1. The van der Waals surface area contributed by atoms with Crippen LogP contribution in [0.5, 0.6) is 0 Å². The summed E-state index contributed by atoms with van der Waals surface area (Å²) in [5, 5.41) is 3.57. The van der Waals surface area contributed by atoms with Gasteiger partial charge < -0.3 is 0 Å². The molecule has 12 heteroatoms. The Morgan fingerprint density at radius 1 is 0.938 bits per heavy atom. The molecular formula is C20H14F6N4O2. The molecule has 1 aromatic heterocycles. The first-order valence-corrected chi connectivity index (χ1v) is 9.05. The fraction of sp³-hybridized carbons (Fsp3) is 0.200. The van der Waals surface area contributed by atoms with Crippen LogP contribution in [0.2, 0.25) is 0 Å². The number of imide groups is 1. The van der Waals surface area contributed by atoms with Crippen LogP contribution in [0, 0.1) is 0 Å². The number of fused-ring (bicyclic) bond motifs is 1. The van der Waals surface area contributed by atoms with Crippen LogP contribution < -0.4 is 10.6 Å². The lowest BCUT2D eigenvalue weighted by molar-refractivity contribution is -0.143. The zero-order chi connectivity index (χ0) is 23.7. The maximum Gasteiger partial charge on any atom is 0.417 e. The normalized spacial score (nSPS) is 12.0. The smallest absolute Gasteiger partial charge is 0.291 e. The highest BCUT2D eigenvalue weighted by molar-refractivity contribution is 6.09. The first kappa shape index (κ1) is 23.0. The molecule has 6 nitrogen and oxygen atoms in total. The third kappa shape index (κ3) is 4.95. The predicted octanol–water partition coefficient (Wildman–Crippen LogP) is 5.19. The van der Waals surface area contributed by atoms with Gasteiger partial charge in [-0.15, -0.1) is 0 Å². The highest BCUT2D eigenvalue weighted by Gasteiger charge is 2.43. The third-order valence-electron chi connectivity index (χ3n) is 4.39. The number of amides is 3. The van der Waals surface area contributed by atoms with Crippen molar-refractivity contribution in [1.29, 1.82) is 0 Å². The van der Waals surface area contributed by atoms with E-state index in [4.69, 9.17) is 0 Å². The monoisotopic (exact) mass is 456 g/mol. The van der Waals surface area contributed by atoms with Gasteiger partial charge in [0.2, 0.25) is 0 Å². The van der Waals surface area contributed by atoms with Gasteiger partial charge in [-0.05, 0) is 36.2 Å². The molecule has 32 heavy (non-hydrogen) atoms. The van der Waals surface area contributed by atoms with Crippen molar-refractivity contribution in [3.05, 3.63) is 64.8 Å². The van der Waals surface area contributed by atoms with E-state index in [0.29, 0.717) is 35.7 Å². The minimum absolute atomic E-state index is 0.156. The van der Waals surface area contributed by atoms with Crippen LogP contribution in [-0.2, 0) is 18.8 Å². The molecule has 0 aliphatic heterocycles. The summed E-state index contributed by atoms with van der Waals surface area (Å²) in [6.45, 7) is 1.91. The van der Waals surface area contributed by atoms with Crippen molar-refractivity contribution >= 4 is 28.8 Å². The first-order chi connectivity index (χ1) is 14.9. The quantitative estimate of drug-likeness (QED) is 0.532. The summed E-state index contributed by atoms with van der Waals surface area (Å²) < 4.78 is 79.2. The third-order valence-corrected chi connectivity index (χ3v) is 4.39. The Hall–Kier alpha value is -3.70. The van der Waals surface area contributed by atoms with Crippen molar-refractivity contribution in [2.75, 3.05) is 5.32 Å².